The lowest BCUT2D eigenvalue weighted by molar-refractivity contribution is 0.0938. The van der Waals surface area contributed by atoms with Crippen LogP contribution in [0.4, 0.5) is 0 Å². The van der Waals surface area contributed by atoms with Crippen molar-refractivity contribution in [3.05, 3.63) is 22.6 Å². The average Bonchev–Trinajstić information content (AvgIpc) is 2.76. The van der Waals surface area contributed by atoms with Crippen molar-refractivity contribution in [3.8, 4) is 0 Å². The van der Waals surface area contributed by atoms with Gasteiger partial charge in [-0.25, -0.2) is 0 Å². The molecule has 1 aliphatic heterocycles. The van der Waals surface area contributed by atoms with E-state index in [1.54, 1.807) is 0 Å². The quantitative estimate of drug-likeness (QED) is 0.903. The van der Waals surface area contributed by atoms with Gasteiger partial charge in [-0.1, -0.05) is 6.42 Å². The molecule has 1 saturated heterocycles. The van der Waals surface area contributed by atoms with Crippen molar-refractivity contribution in [2.75, 3.05) is 19.6 Å². The Morgan fingerprint density at radius 2 is 2.00 bits per heavy atom. The molecule has 2 rings (SSSR count). The van der Waals surface area contributed by atoms with E-state index in [1.807, 2.05) is 12.1 Å². The fourth-order valence-electron chi connectivity index (χ4n) is 2.55. The van der Waals surface area contributed by atoms with Crippen LogP contribution in [0.1, 0.15) is 38.9 Å². The van der Waals surface area contributed by atoms with Gasteiger partial charge in [0.1, 0.15) is 5.76 Å². The van der Waals surface area contributed by atoms with E-state index in [0.29, 0.717) is 0 Å². The predicted molar refractivity (Wildman–Crippen MR) is 77.6 cm³/mol. The molecular weight excluding hydrogens is 292 g/mol. The minimum Gasteiger partial charge on any atom is -0.453 e. The normalized spacial score (nSPS) is 18.2. The molecule has 1 aromatic rings. The molecule has 2 heterocycles. The second-order valence-corrected chi connectivity index (χ2v) is 6.45. The number of piperidine rings is 1. The molecule has 18 heavy (non-hydrogen) atoms. The van der Waals surface area contributed by atoms with Gasteiger partial charge in [-0.3, -0.25) is 4.90 Å². The van der Waals surface area contributed by atoms with Crippen molar-refractivity contribution in [1.82, 2.24) is 10.2 Å². The Labute approximate surface area is 118 Å². The number of rotatable bonds is 5. The van der Waals surface area contributed by atoms with Gasteiger partial charge < -0.3 is 9.73 Å². The number of nitrogens with one attached hydrogen (secondary N) is 1. The van der Waals surface area contributed by atoms with Crippen molar-refractivity contribution >= 4 is 15.9 Å². The van der Waals surface area contributed by atoms with Crippen LogP contribution < -0.4 is 5.32 Å². The van der Waals surface area contributed by atoms with E-state index in [4.69, 9.17) is 4.42 Å². The molecular formula is C14H23BrN2O. The van der Waals surface area contributed by atoms with Gasteiger partial charge in [-0.2, -0.15) is 0 Å². The first-order valence-electron chi connectivity index (χ1n) is 6.78. The van der Waals surface area contributed by atoms with E-state index in [0.717, 1.165) is 23.5 Å². The van der Waals surface area contributed by atoms with Crippen LogP contribution in [0.25, 0.3) is 0 Å². The minimum absolute atomic E-state index is 0.226. The predicted octanol–water partition coefficient (Wildman–Crippen LogP) is 3.40. The summed E-state index contributed by atoms with van der Waals surface area (Å²) in [4.78, 5) is 2.60. The zero-order valence-corrected chi connectivity index (χ0v) is 12.9. The van der Waals surface area contributed by atoms with Crippen LogP contribution in [0, 0.1) is 0 Å². The third kappa shape index (κ3) is 3.84. The van der Waals surface area contributed by atoms with Gasteiger partial charge in [-0.15, -0.1) is 0 Å². The molecule has 1 aromatic heterocycles. The largest absolute Gasteiger partial charge is 0.453 e. The molecule has 4 heteroatoms. The number of hydrogen-bond donors (Lipinski definition) is 1. The molecule has 0 saturated carbocycles. The molecule has 1 fully saturated rings. The molecule has 0 amide bonds. The summed E-state index contributed by atoms with van der Waals surface area (Å²) in [6.45, 7) is 8.91. The van der Waals surface area contributed by atoms with E-state index in [-0.39, 0.29) is 5.54 Å². The molecule has 1 aliphatic rings. The summed E-state index contributed by atoms with van der Waals surface area (Å²) in [7, 11) is 0. The van der Waals surface area contributed by atoms with Gasteiger partial charge >= 0.3 is 0 Å². The highest BCUT2D eigenvalue weighted by Crippen LogP contribution is 2.20. The summed E-state index contributed by atoms with van der Waals surface area (Å²) >= 11 is 3.32. The van der Waals surface area contributed by atoms with Crippen molar-refractivity contribution in [1.29, 1.82) is 0 Å². The highest BCUT2D eigenvalue weighted by Gasteiger charge is 2.27. The second-order valence-electron chi connectivity index (χ2n) is 5.67. The third-order valence-corrected chi connectivity index (χ3v) is 4.12. The summed E-state index contributed by atoms with van der Waals surface area (Å²) < 4.78 is 6.28. The van der Waals surface area contributed by atoms with Crippen LogP contribution in [0.15, 0.2) is 21.2 Å². The first kappa shape index (κ1) is 14.1. The Morgan fingerprint density at radius 1 is 1.28 bits per heavy atom. The second kappa shape index (κ2) is 6.22. The Hall–Kier alpha value is -0.320. The molecule has 0 aromatic carbocycles. The molecule has 0 bridgehead atoms. The third-order valence-electron chi connectivity index (χ3n) is 3.70. The van der Waals surface area contributed by atoms with Crippen LogP contribution >= 0.6 is 15.9 Å². The Morgan fingerprint density at radius 3 is 2.61 bits per heavy atom. The standard InChI is InChI=1S/C14H23BrN2O/c1-14(2,17-8-4-3-5-9-17)11-16-10-12-6-7-13(15)18-12/h6-7,16H,3-5,8-11H2,1-2H3. The van der Waals surface area contributed by atoms with Gasteiger partial charge in [0.2, 0.25) is 0 Å². The van der Waals surface area contributed by atoms with Crippen LogP contribution in [0.2, 0.25) is 0 Å². The number of hydrogen-bond acceptors (Lipinski definition) is 3. The summed E-state index contributed by atoms with van der Waals surface area (Å²) in [5.74, 6) is 0.983. The van der Waals surface area contributed by atoms with Gasteiger partial charge in [0.05, 0.1) is 6.54 Å². The summed E-state index contributed by atoms with van der Waals surface area (Å²) in [6, 6.07) is 3.94. The van der Waals surface area contributed by atoms with Crippen LogP contribution in [-0.2, 0) is 6.54 Å². The van der Waals surface area contributed by atoms with Gasteiger partial charge in [0.25, 0.3) is 0 Å². The van der Waals surface area contributed by atoms with Crippen molar-refractivity contribution in [2.45, 2.75) is 45.2 Å². The van der Waals surface area contributed by atoms with E-state index in [2.05, 4.69) is 40.0 Å². The molecule has 0 spiro atoms. The maximum Gasteiger partial charge on any atom is 0.169 e. The Kier molecular flexibility index (Phi) is 4.87. The number of likely N-dealkylation sites (tertiary alicyclic amines) is 1. The lowest BCUT2D eigenvalue weighted by Crippen LogP contribution is -2.52. The highest BCUT2D eigenvalue weighted by molar-refractivity contribution is 9.10. The molecule has 0 radical (unpaired) electrons. The van der Waals surface area contributed by atoms with Crippen molar-refractivity contribution in [2.24, 2.45) is 0 Å². The topological polar surface area (TPSA) is 28.4 Å². The first-order chi connectivity index (χ1) is 8.58. The van der Waals surface area contributed by atoms with Crippen LogP contribution in [-0.4, -0.2) is 30.1 Å². The number of nitrogens with zero attached hydrogens (tertiary/aromatic N) is 1. The lowest BCUT2D eigenvalue weighted by Gasteiger charge is -2.41. The summed E-state index contributed by atoms with van der Waals surface area (Å²) in [6.07, 6.45) is 4.07. The van der Waals surface area contributed by atoms with Crippen LogP contribution in [0.5, 0.6) is 0 Å². The summed E-state index contributed by atoms with van der Waals surface area (Å²) in [5.41, 5.74) is 0.226. The first-order valence-corrected chi connectivity index (χ1v) is 7.57. The monoisotopic (exact) mass is 314 g/mol. The maximum atomic E-state index is 5.48. The van der Waals surface area contributed by atoms with Crippen molar-refractivity contribution in [3.63, 3.8) is 0 Å². The van der Waals surface area contributed by atoms with E-state index in [9.17, 15) is 0 Å². The molecule has 102 valence electrons. The van der Waals surface area contributed by atoms with E-state index < -0.39 is 0 Å². The molecule has 0 aliphatic carbocycles. The lowest BCUT2D eigenvalue weighted by atomic mass is 9.98. The Bertz CT molecular complexity index is 370. The van der Waals surface area contributed by atoms with Gasteiger partial charge in [-0.05, 0) is 67.8 Å². The Balaban J connectivity index is 1.77. The molecule has 0 unspecified atom stereocenters. The van der Waals surface area contributed by atoms with E-state index in [1.165, 1.54) is 32.4 Å². The minimum atomic E-state index is 0.226. The maximum absolute atomic E-state index is 5.48. The fraction of sp³-hybridized carbons (Fsp3) is 0.714. The molecule has 0 atom stereocenters. The fourth-order valence-corrected chi connectivity index (χ4v) is 2.89. The number of furan rings is 1. The smallest absolute Gasteiger partial charge is 0.169 e. The van der Waals surface area contributed by atoms with Crippen LogP contribution in [0.3, 0.4) is 0 Å². The van der Waals surface area contributed by atoms with Crippen molar-refractivity contribution < 1.29 is 4.42 Å². The molecule has 1 N–H and O–H groups in total. The zero-order valence-electron chi connectivity index (χ0n) is 11.3. The van der Waals surface area contributed by atoms with Gasteiger partial charge in [0.15, 0.2) is 4.67 Å². The highest BCUT2D eigenvalue weighted by atomic mass is 79.9. The number of halogens is 1. The average molecular weight is 315 g/mol. The van der Waals surface area contributed by atoms with Gasteiger partial charge in [0, 0.05) is 12.1 Å². The molecule has 3 nitrogen and oxygen atoms in total. The SMILES string of the molecule is CC(C)(CNCc1ccc(Br)o1)N1CCCCC1. The summed E-state index contributed by atoms with van der Waals surface area (Å²) in [5, 5.41) is 3.50. The van der Waals surface area contributed by atoms with E-state index >= 15 is 0 Å². The zero-order chi connectivity index (χ0) is 13.0.